The number of aromatic nitrogens is 3. The molecular weight excluding hydrogens is 437 g/mol. The van der Waals surface area contributed by atoms with E-state index in [1.807, 2.05) is 0 Å². The summed E-state index contributed by atoms with van der Waals surface area (Å²) in [7, 11) is 0. The van der Waals surface area contributed by atoms with Gasteiger partial charge >= 0.3 is 6.18 Å². The van der Waals surface area contributed by atoms with Crippen LogP contribution in [0.4, 0.5) is 13.2 Å². The number of nitrogens with zero attached hydrogens (tertiary/aromatic N) is 4. The monoisotopic (exact) mass is 450 g/mol. The molecule has 0 atom stereocenters. The Kier molecular flexibility index (Phi) is 4.70. The molecule has 0 bridgehead atoms. The zero-order valence-electron chi connectivity index (χ0n) is 14.4. The molecule has 1 aromatic carbocycles. The van der Waals surface area contributed by atoms with Crippen molar-refractivity contribution < 1.29 is 18.0 Å². The summed E-state index contributed by atoms with van der Waals surface area (Å²) in [6, 6.07) is 7.10. The predicted molar refractivity (Wildman–Crippen MR) is 101 cm³/mol. The number of fused-ring (bicyclic) bond motifs is 1. The molecule has 5 nitrogen and oxygen atoms in total. The Morgan fingerprint density at radius 1 is 1.21 bits per heavy atom. The van der Waals surface area contributed by atoms with Crippen LogP contribution in [0.3, 0.4) is 0 Å². The molecule has 144 valence electrons. The van der Waals surface area contributed by atoms with Crippen LogP contribution in [-0.2, 0) is 6.18 Å². The van der Waals surface area contributed by atoms with Gasteiger partial charge in [0.15, 0.2) is 11.3 Å². The molecule has 3 aromatic rings. The molecule has 0 aliphatic carbocycles. The Balaban J connectivity index is 1.56. The number of rotatable bonds is 2. The smallest absolute Gasteiger partial charge is 0.333 e. The fourth-order valence-electron chi connectivity index (χ4n) is 3.23. The molecule has 4 rings (SSSR count). The molecule has 28 heavy (non-hydrogen) atoms. The Bertz CT molecular complexity index is 1090. The van der Waals surface area contributed by atoms with Crippen molar-refractivity contribution >= 4 is 33.1 Å². The van der Waals surface area contributed by atoms with E-state index in [1.165, 1.54) is 16.6 Å². The van der Waals surface area contributed by atoms with Gasteiger partial charge in [-0.05, 0) is 39.6 Å². The van der Waals surface area contributed by atoms with Crippen molar-refractivity contribution in [3.8, 4) is 0 Å². The van der Waals surface area contributed by atoms with Gasteiger partial charge in [0, 0.05) is 31.5 Å². The fraction of sp³-hybridized carbons (Fsp3) is 0.211. The van der Waals surface area contributed by atoms with Crippen LogP contribution in [-0.4, -0.2) is 38.5 Å². The quantitative estimate of drug-likeness (QED) is 0.579. The Morgan fingerprint density at radius 2 is 2.00 bits per heavy atom. The summed E-state index contributed by atoms with van der Waals surface area (Å²) in [5.41, 5.74) is 0.900. The Morgan fingerprint density at radius 3 is 2.71 bits per heavy atom. The van der Waals surface area contributed by atoms with Crippen LogP contribution >= 0.6 is 15.9 Å². The highest BCUT2D eigenvalue weighted by Crippen LogP contribution is 2.36. The highest BCUT2D eigenvalue weighted by atomic mass is 79.9. The lowest BCUT2D eigenvalue weighted by Gasteiger charge is -2.27. The van der Waals surface area contributed by atoms with Crippen LogP contribution in [0.2, 0.25) is 0 Å². The Labute approximate surface area is 166 Å². The first-order chi connectivity index (χ1) is 13.3. The maximum atomic E-state index is 13.2. The summed E-state index contributed by atoms with van der Waals surface area (Å²) in [6.45, 7) is 0.549. The van der Waals surface area contributed by atoms with Crippen LogP contribution in [0.1, 0.15) is 28.0 Å². The van der Waals surface area contributed by atoms with Crippen molar-refractivity contribution in [1.82, 2.24) is 19.5 Å². The molecule has 3 heterocycles. The van der Waals surface area contributed by atoms with Crippen LogP contribution in [0.15, 0.2) is 53.3 Å². The molecule has 0 fully saturated rings. The van der Waals surface area contributed by atoms with E-state index in [0.29, 0.717) is 24.2 Å². The lowest BCUT2D eigenvalue weighted by atomic mass is 9.94. The van der Waals surface area contributed by atoms with Crippen molar-refractivity contribution in [1.29, 1.82) is 0 Å². The van der Waals surface area contributed by atoms with Gasteiger partial charge in [0.2, 0.25) is 0 Å². The van der Waals surface area contributed by atoms with E-state index in [4.69, 9.17) is 0 Å². The highest BCUT2D eigenvalue weighted by molar-refractivity contribution is 9.10. The zero-order chi connectivity index (χ0) is 19.9. The van der Waals surface area contributed by atoms with Crippen molar-refractivity contribution in [2.75, 3.05) is 13.1 Å². The Hall–Kier alpha value is -2.68. The summed E-state index contributed by atoms with van der Waals surface area (Å²) < 4.78 is 42.0. The number of halogens is 4. The van der Waals surface area contributed by atoms with E-state index >= 15 is 0 Å². The van der Waals surface area contributed by atoms with Crippen LogP contribution in [0.25, 0.3) is 11.2 Å². The van der Waals surface area contributed by atoms with Gasteiger partial charge in [-0.3, -0.25) is 4.79 Å². The van der Waals surface area contributed by atoms with Crippen molar-refractivity contribution in [2.24, 2.45) is 0 Å². The lowest BCUT2D eigenvalue weighted by Crippen LogP contribution is -2.35. The van der Waals surface area contributed by atoms with E-state index in [1.54, 1.807) is 35.5 Å². The van der Waals surface area contributed by atoms with E-state index in [-0.39, 0.29) is 23.7 Å². The number of benzene rings is 1. The normalized spacial score (nSPS) is 15.0. The van der Waals surface area contributed by atoms with Crippen molar-refractivity contribution in [3.05, 3.63) is 70.1 Å². The maximum absolute atomic E-state index is 13.2. The minimum absolute atomic E-state index is 0.170. The molecule has 1 aliphatic heterocycles. The highest BCUT2D eigenvalue weighted by Gasteiger charge is 2.34. The van der Waals surface area contributed by atoms with Gasteiger partial charge in [0.1, 0.15) is 0 Å². The number of amides is 1. The van der Waals surface area contributed by atoms with Gasteiger partial charge in [-0.1, -0.05) is 24.3 Å². The van der Waals surface area contributed by atoms with E-state index < -0.39 is 11.7 Å². The molecule has 0 saturated carbocycles. The lowest BCUT2D eigenvalue weighted by molar-refractivity contribution is -0.137. The maximum Gasteiger partial charge on any atom is 0.416 e. The van der Waals surface area contributed by atoms with Gasteiger partial charge in [-0.25, -0.2) is 9.50 Å². The third-order valence-corrected chi connectivity index (χ3v) is 4.99. The first-order valence-corrected chi connectivity index (χ1v) is 9.28. The molecule has 2 aromatic heterocycles. The molecule has 9 heteroatoms. The molecule has 1 amide bonds. The number of carbonyl (C=O) groups excluding carboxylic acids is 1. The van der Waals surface area contributed by atoms with E-state index in [9.17, 15) is 18.0 Å². The topological polar surface area (TPSA) is 50.5 Å². The summed E-state index contributed by atoms with van der Waals surface area (Å²) in [5, 5.41) is 4.24. The molecular formula is C19H14BrF3N4O. The standard InChI is InChI=1S/C19H14BrF3N4O/c20-13-10-24-17-9-16(25-27(17)11-13)18(28)26-7-5-12(6-8-26)14-3-1-2-4-15(14)19(21,22)23/h1-5,9-11H,6-8H2. The molecule has 0 N–H and O–H groups in total. The van der Waals surface area contributed by atoms with Crippen LogP contribution < -0.4 is 0 Å². The minimum Gasteiger partial charge on any atom is -0.333 e. The largest absolute Gasteiger partial charge is 0.416 e. The summed E-state index contributed by atoms with van der Waals surface area (Å²) in [6.07, 6.45) is 0.912. The second kappa shape index (κ2) is 7.05. The molecule has 0 spiro atoms. The zero-order valence-corrected chi connectivity index (χ0v) is 16.0. The first kappa shape index (κ1) is 18.7. The van der Waals surface area contributed by atoms with Crippen LogP contribution in [0, 0.1) is 0 Å². The molecule has 0 unspecified atom stereocenters. The van der Waals surface area contributed by atoms with Gasteiger partial charge in [0.05, 0.1) is 10.0 Å². The summed E-state index contributed by atoms with van der Waals surface area (Å²) in [5.74, 6) is -0.277. The summed E-state index contributed by atoms with van der Waals surface area (Å²) in [4.78, 5) is 18.5. The number of hydrogen-bond acceptors (Lipinski definition) is 3. The SMILES string of the molecule is O=C(c1cc2ncc(Br)cn2n1)N1CC=C(c2ccccc2C(F)(F)F)CC1. The number of hydrogen-bond donors (Lipinski definition) is 0. The van der Waals surface area contributed by atoms with Gasteiger partial charge < -0.3 is 4.90 Å². The number of carbonyl (C=O) groups is 1. The van der Waals surface area contributed by atoms with E-state index in [0.717, 1.165) is 10.5 Å². The van der Waals surface area contributed by atoms with Crippen LogP contribution in [0.5, 0.6) is 0 Å². The number of alkyl halides is 3. The van der Waals surface area contributed by atoms with Crippen molar-refractivity contribution in [2.45, 2.75) is 12.6 Å². The second-order valence-corrected chi connectivity index (χ2v) is 7.29. The molecule has 0 saturated heterocycles. The molecule has 0 radical (unpaired) electrons. The van der Waals surface area contributed by atoms with Gasteiger partial charge in [-0.2, -0.15) is 18.3 Å². The summed E-state index contributed by atoms with van der Waals surface area (Å²) >= 11 is 3.30. The second-order valence-electron chi connectivity index (χ2n) is 6.38. The first-order valence-electron chi connectivity index (χ1n) is 8.49. The van der Waals surface area contributed by atoms with Gasteiger partial charge in [0.25, 0.3) is 5.91 Å². The fourth-order valence-corrected chi connectivity index (χ4v) is 3.53. The average Bonchev–Trinajstić information content (AvgIpc) is 3.10. The average molecular weight is 451 g/mol. The minimum atomic E-state index is -4.41. The van der Waals surface area contributed by atoms with Gasteiger partial charge in [-0.15, -0.1) is 0 Å². The predicted octanol–water partition coefficient (Wildman–Crippen LogP) is 4.44. The third-order valence-electron chi connectivity index (χ3n) is 4.58. The third kappa shape index (κ3) is 3.54. The van der Waals surface area contributed by atoms with Crippen molar-refractivity contribution in [3.63, 3.8) is 0 Å². The van der Waals surface area contributed by atoms with E-state index in [2.05, 4.69) is 26.0 Å². The molecule has 1 aliphatic rings.